The molecule has 1 aromatic rings. The SMILES string of the molecule is CCC1CCCCC1(CN)Nc1cccc(Br)c1. The summed E-state index contributed by atoms with van der Waals surface area (Å²) in [6.45, 7) is 3.00. The second-order valence-corrected chi connectivity index (χ2v) is 6.26. The lowest BCUT2D eigenvalue weighted by molar-refractivity contribution is 0.212. The number of benzene rings is 1. The first-order valence-corrected chi connectivity index (χ1v) is 7.73. The maximum Gasteiger partial charge on any atom is 0.0523 e. The summed E-state index contributed by atoms with van der Waals surface area (Å²) >= 11 is 3.53. The van der Waals surface area contributed by atoms with Gasteiger partial charge < -0.3 is 11.1 Å². The third-order valence-electron chi connectivity index (χ3n) is 4.28. The first-order valence-electron chi connectivity index (χ1n) is 6.94. The zero-order chi connectivity index (χ0) is 13.0. The van der Waals surface area contributed by atoms with Gasteiger partial charge in [-0.2, -0.15) is 0 Å². The highest BCUT2D eigenvalue weighted by atomic mass is 79.9. The molecule has 1 aliphatic carbocycles. The van der Waals surface area contributed by atoms with Crippen LogP contribution in [-0.2, 0) is 0 Å². The predicted octanol–water partition coefficient (Wildman–Crippen LogP) is 4.16. The summed E-state index contributed by atoms with van der Waals surface area (Å²) < 4.78 is 1.11. The van der Waals surface area contributed by atoms with Crippen LogP contribution >= 0.6 is 15.9 Å². The predicted molar refractivity (Wildman–Crippen MR) is 81.8 cm³/mol. The van der Waals surface area contributed by atoms with Gasteiger partial charge in [0.1, 0.15) is 0 Å². The van der Waals surface area contributed by atoms with Crippen LogP contribution in [0.1, 0.15) is 39.0 Å². The molecule has 0 spiro atoms. The van der Waals surface area contributed by atoms with Crippen molar-refractivity contribution in [2.24, 2.45) is 11.7 Å². The van der Waals surface area contributed by atoms with Crippen LogP contribution < -0.4 is 11.1 Å². The molecule has 0 aliphatic heterocycles. The van der Waals surface area contributed by atoms with Crippen LogP contribution in [0.5, 0.6) is 0 Å². The maximum absolute atomic E-state index is 6.12. The summed E-state index contributed by atoms with van der Waals surface area (Å²) in [4.78, 5) is 0. The van der Waals surface area contributed by atoms with E-state index in [2.05, 4.69) is 52.4 Å². The Labute approximate surface area is 118 Å². The molecular formula is C15H23BrN2. The molecule has 0 saturated heterocycles. The smallest absolute Gasteiger partial charge is 0.0523 e. The molecule has 3 heteroatoms. The summed E-state index contributed by atoms with van der Waals surface area (Å²) in [5.74, 6) is 0.690. The summed E-state index contributed by atoms with van der Waals surface area (Å²) in [6.07, 6.45) is 6.33. The number of nitrogens with two attached hydrogens (primary N) is 1. The average Bonchev–Trinajstić information content (AvgIpc) is 2.39. The fourth-order valence-corrected chi connectivity index (χ4v) is 3.64. The zero-order valence-electron chi connectivity index (χ0n) is 11.1. The van der Waals surface area contributed by atoms with E-state index in [4.69, 9.17) is 5.73 Å². The topological polar surface area (TPSA) is 38.0 Å². The van der Waals surface area contributed by atoms with Crippen molar-refractivity contribution in [2.75, 3.05) is 11.9 Å². The van der Waals surface area contributed by atoms with Gasteiger partial charge in [-0.05, 0) is 37.0 Å². The summed E-state index contributed by atoms with van der Waals surface area (Å²) in [6, 6.07) is 8.39. The van der Waals surface area contributed by atoms with E-state index < -0.39 is 0 Å². The Morgan fingerprint density at radius 2 is 2.28 bits per heavy atom. The second kappa shape index (κ2) is 6.07. The molecule has 18 heavy (non-hydrogen) atoms. The monoisotopic (exact) mass is 310 g/mol. The van der Waals surface area contributed by atoms with Crippen molar-refractivity contribution in [1.29, 1.82) is 0 Å². The van der Waals surface area contributed by atoms with Gasteiger partial charge in [0.25, 0.3) is 0 Å². The normalized spacial score (nSPS) is 28.1. The Balaban J connectivity index is 2.21. The Morgan fingerprint density at radius 1 is 1.44 bits per heavy atom. The minimum Gasteiger partial charge on any atom is -0.378 e. The second-order valence-electron chi connectivity index (χ2n) is 5.35. The Kier molecular flexibility index (Phi) is 4.68. The van der Waals surface area contributed by atoms with Crippen LogP contribution in [0.4, 0.5) is 5.69 Å². The fraction of sp³-hybridized carbons (Fsp3) is 0.600. The molecule has 1 fully saturated rings. The van der Waals surface area contributed by atoms with E-state index in [9.17, 15) is 0 Å². The van der Waals surface area contributed by atoms with E-state index in [1.165, 1.54) is 37.8 Å². The number of rotatable bonds is 4. The maximum atomic E-state index is 6.12. The first-order chi connectivity index (χ1) is 8.70. The molecule has 0 aromatic heterocycles. The summed E-state index contributed by atoms with van der Waals surface area (Å²) in [5, 5.41) is 3.73. The van der Waals surface area contributed by atoms with Gasteiger partial charge >= 0.3 is 0 Å². The molecular weight excluding hydrogens is 288 g/mol. The van der Waals surface area contributed by atoms with Crippen LogP contribution in [0.2, 0.25) is 0 Å². The highest BCUT2D eigenvalue weighted by Crippen LogP contribution is 2.38. The van der Waals surface area contributed by atoms with Gasteiger partial charge in [-0.1, -0.05) is 48.2 Å². The number of hydrogen-bond donors (Lipinski definition) is 2. The quantitative estimate of drug-likeness (QED) is 0.876. The van der Waals surface area contributed by atoms with Crippen molar-refractivity contribution < 1.29 is 0 Å². The molecule has 0 bridgehead atoms. The minimum absolute atomic E-state index is 0.0911. The van der Waals surface area contributed by atoms with Crippen molar-refractivity contribution in [3.05, 3.63) is 28.7 Å². The zero-order valence-corrected chi connectivity index (χ0v) is 12.7. The first kappa shape index (κ1) is 13.9. The van der Waals surface area contributed by atoms with Gasteiger partial charge in [-0.15, -0.1) is 0 Å². The Bertz CT molecular complexity index is 394. The molecule has 2 rings (SSSR count). The molecule has 0 heterocycles. The van der Waals surface area contributed by atoms with E-state index >= 15 is 0 Å². The van der Waals surface area contributed by atoms with Gasteiger partial charge in [-0.25, -0.2) is 0 Å². The summed E-state index contributed by atoms with van der Waals surface area (Å²) in [7, 11) is 0. The average molecular weight is 311 g/mol. The third kappa shape index (κ3) is 2.89. The van der Waals surface area contributed by atoms with E-state index in [0.29, 0.717) is 5.92 Å². The van der Waals surface area contributed by atoms with Gasteiger partial charge in [0.2, 0.25) is 0 Å². The van der Waals surface area contributed by atoms with Crippen LogP contribution in [0.25, 0.3) is 0 Å². The Hall–Kier alpha value is -0.540. The molecule has 0 amide bonds. The van der Waals surface area contributed by atoms with E-state index in [1.54, 1.807) is 0 Å². The minimum atomic E-state index is 0.0911. The van der Waals surface area contributed by atoms with E-state index in [1.807, 2.05) is 0 Å². The number of anilines is 1. The summed E-state index contributed by atoms with van der Waals surface area (Å²) in [5.41, 5.74) is 7.38. The van der Waals surface area contributed by atoms with Gasteiger partial charge in [0, 0.05) is 16.7 Å². The van der Waals surface area contributed by atoms with Gasteiger partial charge in [0.15, 0.2) is 0 Å². The fourth-order valence-electron chi connectivity index (χ4n) is 3.24. The lowest BCUT2D eigenvalue weighted by Gasteiger charge is -2.44. The van der Waals surface area contributed by atoms with Crippen LogP contribution in [0, 0.1) is 5.92 Å². The third-order valence-corrected chi connectivity index (χ3v) is 4.78. The van der Waals surface area contributed by atoms with E-state index in [-0.39, 0.29) is 5.54 Å². The lowest BCUT2D eigenvalue weighted by Crippen LogP contribution is -2.53. The van der Waals surface area contributed by atoms with Crippen molar-refractivity contribution in [2.45, 2.75) is 44.6 Å². The molecule has 2 unspecified atom stereocenters. The standard InChI is InChI=1S/C15H23BrN2/c1-2-12-6-3-4-9-15(12,11-17)18-14-8-5-7-13(16)10-14/h5,7-8,10,12,18H,2-4,6,9,11,17H2,1H3. The highest BCUT2D eigenvalue weighted by molar-refractivity contribution is 9.10. The lowest BCUT2D eigenvalue weighted by atomic mass is 9.71. The number of hydrogen-bond acceptors (Lipinski definition) is 2. The molecule has 1 aromatic carbocycles. The van der Waals surface area contributed by atoms with Crippen molar-refractivity contribution in [1.82, 2.24) is 0 Å². The number of halogens is 1. The van der Waals surface area contributed by atoms with Crippen LogP contribution in [-0.4, -0.2) is 12.1 Å². The highest BCUT2D eigenvalue weighted by Gasteiger charge is 2.38. The van der Waals surface area contributed by atoms with Crippen LogP contribution in [0.3, 0.4) is 0 Å². The molecule has 0 radical (unpaired) electrons. The van der Waals surface area contributed by atoms with Gasteiger partial charge in [0.05, 0.1) is 5.54 Å². The molecule has 100 valence electrons. The van der Waals surface area contributed by atoms with Gasteiger partial charge in [-0.3, -0.25) is 0 Å². The largest absolute Gasteiger partial charge is 0.378 e. The van der Waals surface area contributed by atoms with Crippen LogP contribution in [0.15, 0.2) is 28.7 Å². The molecule has 3 N–H and O–H groups in total. The van der Waals surface area contributed by atoms with Crippen molar-refractivity contribution in [3.63, 3.8) is 0 Å². The van der Waals surface area contributed by atoms with E-state index in [0.717, 1.165) is 11.0 Å². The Morgan fingerprint density at radius 3 is 2.94 bits per heavy atom. The molecule has 1 saturated carbocycles. The molecule has 2 atom stereocenters. The molecule has 2 nitrogen and oxygen atoms in total. The number of nitrogens with one attached hydrogen (secondary N) is 1. The van der Waals surface area contributed by atoms with Crippen molar-refractivity contribution >= 4 is 21.6 Å². The molecule has 1 aliphatic rings. The van der Waals surface area contributed by atoms with Crippen molar-refractivity contribution in [3.8, 4) is 0 Å².